The van der Waals surface area contributed by atoms with E-state index >= 15 is 0 Å². The van der Waals surface area contributed by atoms with E-state index in [2.05, 4.69) is 10.3 Å². The topological polar surface area (TPSA) is 65.5 Å². The number of carboxylic acids is 1. The van der Waals surface area contributed by atoms with Gasteiger partial charge in [-0.3, -0.25) is 14.7 Å². The van der Waals surface area contributed by atoms with Gasteiger partial charge in [0.25, 0.3) is 0 Å². The number of aliphatic carboxylic acids is 1. The number of rotatable bonds is 3. The molecule has 0 spiro atoms. The fourth-order valence-electron chi connectivity index (χ4n) is 2.75. The predicted molar refractivity (Wildman–Crippen MR) is 76.4 cm³/mol. The van der Waals surface area contributed by atoms with Crippen LogP contribution >= 0.6 is 0 Å². The molecule has 110 valence electrons. The molecular weight excluding hydrogens is 273 g/mol. The Morgan fingerprint density at radius 1 is 1.52 bits per heavy atom. The second kappa shape index (κ2) is 5.75. The summed E-state index contributed by atoms with van der Waals surface area (Å²) >= 11 is 0. The van der Waals surface area contributed by atoms with Gasteiger partial charge in [-0.1, -0.05) is 6.07 Å². The van der Waals surface area contributed by atoms with Crippen molar-refractivity contribution in [2.45, 2.75) is 12.6 Å². The highest BCUT2D eigenvalue weighted by Crippen LogP contribution is 2.21. The van der Waals surface area contributed by atoms with Crippen LogP contribution in [0.5, 0.6) is 0 Å². The van der Waals surface area contributed by atoms with Crippen LogP contribution in [0, 0.1) is 5.82 Å². The molecule has 1 aromatic carbocycles. The summed E-state index contributed by atoms with van der Waals surface area (Å²) in [6.45, 7) is 2.12. The Labute approximate surface area is 121 Å². The number of piperazine rings is 1. The first kappa shape index (κ1) is 13.9. The molecule has 0 aliphatic carbocycles. The van der Waals surface area contributed by atoms with Crippen LogP contribution in [0.1, 0.15) is 5.56 Å². The third-order valence-electron chi connectivity index (χ3n) is 3.76. The normalized spacial score (nSPS) is 19.8. The number of aromatic nitrogens is 1. The van der Waals surface area contributed by atoms with Gasteiger partial charge >= 0.3 is 5.97 Å². The number of benzene rings is 1. The fraction of sp³-hybridized carbons (Fsp3) is 0.333. The van der Waals surface area contributed by atoms with E-state index in [0.717, 1.165) is 23.0 Å². The Morgan fingerprint density at radius 2 is 2.38 bits per heavy atom. The van der Waals surface area contributed by atoms with Crippen LogP contribution in [0.15, 0.2) is 30.5 Å². The Morgan fingerprint density at radius 3 is 3.19 bits per heavy atom. The van der Waals surface area contributed by atoms with Crippen molar-refractivity contribution < 1.29 is 14.3 Å². The van der Waals surface area contributed by atoms with Crippen LogP contribution < -0.4 is 5.32 Å². The number of fused-ring (bicyclic) bond motifs is 1. The lowest BCUT2D eigenvalue weighted by atomic mass is 10.1. The molecule has 3 rings (SSSR count). The smallest absolute Gasteiger partial charge is 0.322 e. The number of halogens is 1. The maximum Gasteiger partial charge on any atom is 0.322 e. The van der Waals surface area contributed by atoms with Crippen molar-refractivity contribution in [3.8, 4) is 0 Å². The van der Waals surface area contributed by atoms with Crippen molar-refractivity contribution in [2.75, 3.05) is 19.6 Å². The summed E-state index contributed by atoms with van der Waals surface area (Å²) in [5, 5.41) is 13.1. The minimum Gasteiger partial charge on any atom is -0.480 e. The van der Waals surface area contributed by atoms with Crippen LogP contribution in [-0.4, -0.2) is 46.6 Å². The molecule has 0 radical (unpaired) electrons. The standard InChI is InChI=1S/C15H16FN3O2/c16-12-6-10-2-1-3-18-14(10)11(7-12)9-19-5-4-17-8-13(19)15(20)21/h1-3,6-7,13,17H,4-5,8-9H2,(H,20,21). The molecule has 0 bridgehead atoms. The largest absolute Gasteiger partial charge is 0.480 e. The van der Waals surface area contributed by atoms with Crippen molar-refractivity contribution in [2.24, 2.45) is 0 Å². The maximum absolute atomic E-state index is 13.7. The molecule has 0 amide bonds. The summed E-state index contributed by atoms with van der Waals surface area (Å²) < 4.78 is 13.7. The molecule has 2 N–H and O–H groups in total. The highest BCUT2D eigenvalue weighted by Gasteiger charge is 2.28. The van der Waals surface area contributed by atoms with Crippen molar-refractivity contribution in [3.63, 3.8) is 0 Å². The van der Waals surface area contributed by atoms with Gasteiger partial charge in [0.05, 0.1) is 5.52 Å². The van der Waals surface area contributed by atoms with E-state index in [-0.39, 0.29) is 5.82 Å². The monoisotopic (exact) mass is 289 g/mol. The lowest BCUT2D eigenvalue weighted by molar-refractivity contribution is -0.144. The third kappa shape index (κ3) is 2.86. The zero-order valence-corrected chi connectivity index (χ0v) is 11.4. The molecule has 1 aliphatic heterocycles. The van der Waals surface area contributed by atoms with Crippen LogP contribution in [0.3, 0.4) is 0 Å². The second-order valence-electron chi connectivity index (χ2n) is 5.17. The van der Waals surface area contributed by atoms with Crippen LogP contribution in [-0.2, 0) is 11.3 Å². The van der Waals surface area contributed by atoms with Gasteiger partial charge in [0.1, 0.15) is 11.9 Å². The summed E-state index contributed by atoms with van der Waals surface area (Å²) in [4.78, 5) is 17.5. The van der Waals surface area contributed by atoms with Gasteiger partial charge in [-0.15, -0.1) is 0 Å². The quantitative estimate of drug-likeness (QED) is 0.890. The van der Waals surface area contributed by atoms with Gasteiger partial charge in [0.2, 0.25) is 0 Å². The summed E-state index contributed by atoms with van der Waals surface area (Å²) in [5.74, 6) is -1.19. The minimum atomic E-state index is -0.865. The second-order valence-corrected chi connectivity index (χ2v) is 5.17. The molecule has 1 atom stereocenters. The highest BCUT2D eigenvalue weighted by molar-refractivity contribution is 5.81. The van der Waals surface area contributed by atoms with E-state index in [1.54, 1.807) is 18.3 Å². The van der Waals surface area contributed by atoms with Gasteiger partial charge in [-0.25, -0.2) is 4.39 Å². The first-order valence-corrected chi connectivity index (χ1v) is 6.86. The van der Waals surface area contributed by atoms with Crippen molar-refractivity contribution in [1.29, 1.82) is 0 Å². The molecule has 1 aromatic heterocycles. The number of carbonyl (C=O) groups is 1. The van der Waals surface area contributed by atoms with Crippen LogP contribution in [0.25, 0.3) is 10.9 Å². The van der Waals surface area contributed by atoms with Gasteiger partial charge in [0.15, 0.2) is 0 Å². The molecule has 2 heterocycles. The van der Waals surface area contributed by atoms with Gasteiger partial charge in [-0.2, -0.15) is 0 Å². The predicted octanol–water partition coefficient (Wildman–Crippen LogP) is 1.23. The van der Waals surface area contributed by atoms with E-state index in [1.165, 1.54) is 12.1 Å². The zero-order valence-electron chi connectivity index (χ0n) is 11.4. The summed E-state index contributed by atoms with van der Waals surface area (Å²) in [5.41, 5.74) is 1.44. The van der Waals surface area contributed by atoms with Gasteiger partial charge in [-0.05, 0) is 23.8 Å². The van der Waals surface area contributed by atoms with Crippen molar-refractivity contribution >= 4 is 16.9 Å². The van der Waals surface area contributed by atoms with Crippen molar-refractivity contribution in [1.82, 2.24) is 15.2 Å². The van der Waals surface area contributed by atoms with E-state index in [4.69, 9.17) is 0 Å². The van der Waals surface area contributed by atoms with E-state index in [1.807, 2.05) is 4.90 Å². The molecule has 0 saturated carbocycles. The van der Waals surface area contributed by atoms with Crippen molar-refractivity contribution in [3.05, 3.63) is 41.8 Å². The van der Waals surface area contributed by atoms with E-state index in [9.17, 15) is 14.3 Å². The Bertz CT molecular complexity index is 677. The first-order chi connectivity index (χ1) is 10.1. The molecule has 6 heteroatoms. The molecule has 1 fully saturated rings. The fourth-order valence-corrected chi connectivity index (χ4v) is 2.75. The number of pyridine rings is 1. The lowest BCUT2D eigenvalue weighted by Gasteiger charge is -2.33. The number of hydrogen-bond donors (Lipinski definition) is 2. The number of nitrogens with zero attached hydrogens (tertiary/aromatic N) is 2. The minimum absolute atomic E-state index is 0.326. The van der Waals surface area contributed by atoms with Gasteiger partial charge < -0.3 is 10.4 Å². The molecule has 5 nitrogen and oxygen atoms in total. The van der Waals surface area contributed by atoms with E-state index in [0.29, 0.717) is 19.6 Å². The Balaban J connectivity index is 1.95. The van der Waals surface area contributed by atoms with Gasteiger partial charge in [0, 0.05) is 37.8 Å². The maximum atomic E-state index is 13.7. The SMILES string of the molecule is O=C(O)C1CNCCN1Cc1cc(F)cc2cccnc12. The van der Waals surface area contributed by atoms with Crippen LogP contribution in [0.4, 0.5) is 4.39 Å². The summed E-state index contributed by atoms with van der Waals surface area (Å²) in [7, 11) is 0. The molecular formula is C15H16FN3O2. The van der Waals surface area contributed by atoms with E-state index < -0.39 is 12.0 Å². The molecule has 21 heavy (non-hydrogen) atoms. The third-order valence-corrected chi connectivity index (χ3v) is 3.76. The summed E-state index contributed by atoms with van der Waals surface area (Å²) in [6.07, 6.45) is 1.66. The molecule has 1 saturated heterocycles. The first-order valence-electron chi connectivity index (χ1n) is 6.86. The number of carboxylic acid groups (broad SMARTS) is 1. The average Bonchev–Trinajstić information content (AvgIpc) is 2.47. The number of hydrogen-bond acceptors (Lipinski definition) is 4. The molecule has 2 aromatic rings. The average molecular weight is 289 g/mol. The summed E-state index contributed by atoms with van der Waals surface area (Å²) in [6, 6.07) is 5.85. The lowest BCUT2D eigenvalue weighted by Crippen LogP contribution is -2.54. The highest BCUT2D eigenvalue weighted by atomic mass is 19.1. The Kier molecular flexibility index (Phi) is 3.81. The van der Waals surface area contributed by atoms with Crippen LogP contribution in [0.2, 0.25) is 0 Å². The zero-order chi connectivity index (χ0) is 14.8. The Hall–Kier alpha value is -2.05. The molecule has 1 unspecified atom stereocenters. The number of nitrogens with one attached hydrogen (secondary N) is 1. The molecule has 1 aliphatic rings.